The van der Waals surface area contributed by atoms with Gasteiger partial charge < -0.3 is 15.1 Å². The van der Waals surface area contributed by atoms with Crippen LogP contribution in [0.15, 0.2) is 0 Å². The van der Waals surface area contributed by atoms with E-state index in [-0.39, 0.29) is 12.0 Å². The summed E-state index contributed by atoms with van der Waals surface area (Å²) >= 11 is 0. The molecule has 2 unspecified atom stereocenters. The van der Waals surface area contributed by atoms with Gasteiger partial charge in [0.05, 0.1) is 6.61 Å². The zero-order valence-corrected chi connectivity index (χ0v) is 12.4. The summed E-state index contributed by atoms with van der Waals surface area (Å²) in [6, 6.07) is 0. The van der Waals surface area contributed by atoms with Gasteiger partial charge in [-0.25, -0.2) is 0 Å². The quantitative estimate of drug-likeness (QED) is 0.775. The lowest BCUT2D eigenvalue weighted by Gasteiger charge is -2.44. The van der Waals surface area contributed by atoms with Crippen LogP contribution in [0, 0.1) is 11.3 Å². The van der Waals surface area contributed by atoms with Gasteiger partial charge in [-0.2, -0.15) is 0 Å². The molecule has 1 aliphatic heterocycles. The first-order valence-electron chi connectivity index (χ1n) is 7.84. The fourth-order valence-corrected chi connectivity index (χ4v) is 3.89. The summed E-state index contributed by atoms with van der Waals surface area (Å²) in [4.78, 5) is 4.84. The van der Waals surface area contributed by atoms with Gasteiger partial charge in [0, 0.05) is 51.3 Å². The first kappa shape index (κ1) is 15.2. The lowest BCUT2D eigenvalue weighted by atomic mass is 9.70. The minimum Gasteiger partial charge on any atom is -0.396 e. The summed E-state index contributed by atoms with van der Waals surface area (Å²) < 4.78 is 0. The lowest BCUT2D eigenvalue weighted by Crippen LogP contribution is -2.51. The van der Waals surface area contributed by atoms with Crippen molar-refractivity contribution in [3.05, 3.63) is 0 Å². The van der Waals surface area contributed by atoms with E-state index in [4.69, 9.17) is 5.11 Å². The van der Waals surface area contributed by atoms with Gasteiger partial charge in [0.25, 0.3) is 0 Å². The number of piperazine rings is 1. The van der Waals surface area contributed by atoms with E-state index in [0.717, 1.165) is 45.2 Å². The Labute approximate surface area is 117 Å². The Balaban J connectivity index is 1.82. The molecule has 2 rings (SSSR count). The predicted octanol–water partition coefficient (Wildman–Crippen LogP) is 0.785. The molecule has 0 aromatic carbocycles. The summed E-state index contributed by atoms with van der Waals surface area (Å²) in [5.74, 6) is 0.761. The first-order chi connectivity index (χ1) is 9.17. The number of nitrogens with zero attached hydrogens (tertiary/aromatic N) is 2. The molecule has 0 amide bonds. The highest BCUT2D eigenvalue weighted by Crippen LogP contribution is 2.39. The standard InChI is InChI=1S/C15H30N2O2/c1-14-3-2-4-15(11-14,13-19)12-17-7-5-16(6-8-17)9-10-18/h14,18-19H,2-13H2,1H3. The molecular weight excluding hydrogens is 240 g/mol. The van der Waals surface area contributed by atoms with Crippen molar-refractivity contribution in [1.82, 2.24) is 9.80 Å². The zero-order valence-electron chi connectivity index (χ0n) is 12.4. The van der Waals surface area contributed by atoms with Gasteiger partial charge in [-0.1, -0.05) is 19.8 Å². The number of hydrogen-bond donors (Lipinski definition) is 2. The van der Waals surface area contributed by atoms with Crippen LogP contribution in [0.1, 0.15) is 32.6 Å². The number of aliphatic hydroxyl groups excluding tert-OH is 2. The third-order valence-electron chi connectivity index (χ3n) is 4.96. The van der Waals surface area contributed by atoms with Crippen LogP contribution in [0.5, 0.6) is 0 Å². The van der Waals surface area contributed by atoms with E-state index in [0.29, 0.717) is 6.61 Å². The second-order valence-electron chi connectivity index (χ2n) is 6.70. The fraction of sp³-hybridized carbons (Fsp3) is 1.00. The third kappa shape index (κ3) is 4.15. The fourth-order valence-electron chi connectivity index (χ4n) is 3.89. The monoisotopic (exact) mass is 270 g/mol. The molecule has 2 N–H and O–H groups in total. The Morgan fingerprint density at radius 2 is 1.79 bits per heavy atom. The summed E-state index contributed by atoms with van der Waals surface area (Å²) in [6.45, 7) is 9.05. The normalized spacial score (nSPS) is 34.6. The summed E-state index contributed by atoms with van der Waals surface area (Å²) in [6.07, 6.45) is 4.96. The zero-order chi connectivity index (χ0) is 13.7. The first-order valence-corrected chi connectivity index (χ1v) is 7.84. The van der Waals surface area contributed by atoms with Crippen LogP contribution in [-0.2, 0) is 0 Å². The number of aliphatic hydroxyl groups is 2. The second-order valence-corrected chi connectivity index (χ2v) is 6.70. The number of rotatable bonds is 5. The van der Waals surface area contributed by atoms with Crippen LogP contribution in [-0.4, -0.2) is 72.5 Å². The highest BCUT2D eigenvalue weighted by atomic mass is 16.3. The Morgan fingerprint density at radius 3 is 2.37 bits per heavy atom. The van der Waals surface area contributed by atoms with E-state index in [1.807, 2.05) is 0 Å². The van der Waals surface area contributed by atoms with Gasteiger partial charge in [0.1, 0.15) is 0 Å². The maximum absolute atomic E-state index is 9.86. The molecule has 19 heavy (non-hydrogen) atoms. The Morgan fingerprint density at radius 1 is 1.11 bits per heavy atom. The molecule has 1 aliphatic carbocycles. The molecule has 0 aromatic heterocycles. The van der Waals surface area contributed by atoms with Crippen LogP contribution < -0.4 is 0 Å². The largest absolute Gasteiger partial charge is 0.396 e. The minimum atomic E-state index is 0.150. The van der Waals surface area contributed by atoms with E-state index in [9.17, 15) is 5.11 Å². The highest BCUT2D eigenvalue weighted by Gasteiger charge is 2.36. The van der Waals surface area contributed by atoms with E-state index in [1.165, 1.54) is 25.7 Å². The predicted molar refractivity (Wildman–Crippen MR) is 77.1 cm³/mol. The summed E-state index contributed by atoms with van der Waals surface area (Å²) in [7, 11) is 0. The molecule has 4 heteroatoms. The van der Waals surface area contributed by atoms with Crippen molar-refractivity contribution in [2.24, 2.45) is 11.3 Å². The molecule has 1 saturated carbocycles. The molecular formula is C15H30N2O2. The molecule has 1 saturated heterocycles. The van der Waals surface area contributed by atoms with E-state index in [1.54, 1.807) is 0 Å². The van der Waals surface area contributed by atoms with Crippen molar-refractivity contribution in [1.29, 1.82) is 0 Å². The Hall–Kier alpha value is -0.160. The molecule has 112 valence electrons. The van der Waals surface area contributed by atoms with Crippen molar-refractivity contribution in [2.75, 3.05) is 52.5 Å². The van der Waals surface area contributed by atoms with Crippen molar-refractivity contribution in [2.45, 2.75) is 32.6 Å². The van der Waals surface area contributed by atoms with Gasteiger partial charge >= 0.3 is 0 Å². The summed E-state index contributed by atoms with van der Waals surface area (Å²) in [5, 5.41) is 18.8. The van der Waals surface area contributed by atoms with Gasteiger partial charge in [0.15, 0.2) is 0 Å². The Kier molecular flexibility index (Phi) is 5.63. The molecule has 0 radical (unpaired) electrons. The average Bonchev–Trinajstić information content (AvgIpc) is 2.41. The average molecular weight is 270 g/mol. The highest BCUT2D eigenvalue weighted by molar-refractivity contribution is 4.89. The van der Waals surface area contributed by atoms with Crippen LogP contribution in [0.3, 0.4) is 0 Å². The van der Waals surface area contributed by atoms with Crippen molar-refractivity contribution >= 4 is 0 Å². The minimum absolute atomic E-state index is 0.150. The van der Waals surface area contributed by atoms with Crippen LogP contribution in [0.25, 0.3) is 0 Å². The van der Waals surface area contributed by atoms with E-state index in [2.05, 4.69) is 16.7 Å². The van der Waals surface area contributed by atoms with Crippen molar-refractivity contribution < 1.29 is 10.2 Å². The maximum Gasteiger partial charge on any atom is 0.0558 e. The molecule has 1 heterocycles. The molecule has 0 spiro atoms. The molecule has 2 atom stereocenters. The van der Waals surface area contributed by atoms with E-state index >= 15 is 0 Å². The number of hydrogen-bond acceptors (Lipinski definition) is 4. The number of β-amino-alcohol motifs (C(OH)–C–C–N with tert-alkyl or cyclic N) is 1. The lowest BCUT2D eigenvalue weighted by molar-refractivity contribution is 0.00707. The van der Waals surface area contributed by atoms with Gasteiger partial charge in [0.2, 0.25) is 0 Å². The molecule has 0 bridgehead atoms. The molecule has 2 aliphatic rings. The van der Waals surface area contributed by atoms with Crippen LogP contribution >= 0.6 is 0 Å². The SMILES string of the molecule is CC1CCCC(CO)(CN2CCN(CCO)CC2)C1. The van der Waals surface area contributed by atoms with Crippen molar-refractivity contribution in [3.63, 3.8) is 0 Å². The van der Waals surface area contributed by atoms with Gasteiger partial charge in [-0.15, -0.1) is 0 Å². The second kappa shape index (κ2) is 7.02. The third-order valence-corrected chi connectivity index (χ3v) is 4.96. The Bertz CT molecular complexity index is 267. The van der Waals surface area contributed by atoms with Crippen LogP contribution in [0.4, 0.5) is 0 Å². The molecule has 2 fully saturated rings. The van der Waals surface area contributed by atoms with Gasteiger partial charge in [-0.05, 0) is 18.8 Å². The van der Waals surface area contributed by atoms with E-state index < -0.39 is 0 Å². The smallest absolute Gasteiger partial charge is 0.0558 e. The maximum atomic E-state index is 9.86. The topological polar surface area (TPSA) is 46.9 Å². The molecule has 4 nitrogen and oxygen atoms in total. The molecule has 0 aromatic rings. The van der Waals surface area contributed by atoms with Crippen molar-refractivity contribution in [3.8, 4) is 0 Å². The summed E-state index contributed by atoms with van der Waals surface area (Å²) in [5.41, 5.74) is 0.150. The van der Waals surface area contributed by atoms with Gasteiger partial charge in [-0.3, -0.25) is 4.90 Å². The van der Waals surface area contributed by atoms with Crippen LogP contribution in [0.2, 0.25) is 0 Å².